The summed E-state index contributed by atoms with van der Waals surface area (Å²) in [5, 5.41) is 0. The smallest absolute Gasteiger partial charge is 0.209 e. The third-order valence-corrected chi connectivity index (χ3v) is 3.13. The van der Waals surface area contributed by atoms with Crippen LogP contribution in [0.1, 0.15) is 12.8 Å². The fourth-order valence-electron chi connectivity index (χ4n) is 2.27. The van der Waals surface area contributed by atoms with E-state index in [4.69, 9.17) is 4.74 Å². The van der Waals surface area contributed by atoms with Crippen LogP contribution in [-0.4, -0.2) is 61.6 Å². The third kappa shape index (κ3) is 2.25. The van der Waals surface area contributed by atoms with Crippen LogP contribution in [0.3, 0.4) is 0 Å². The fourth-order valence-corrected chi connectivity index (χ4v) is 2.27. The zero-order valence-corrected chi connectivity index (χ0v) is 8.52. The molecule has 0 spiro atoms. The maximum atomic E-state index is 10.7. The molecular formula is C10H18N2O2. The number of morpholine rings is 1. The lowest BCUT2D eigenvalue weighted by Gasteiger charge is -2.31. The minimum atomic E-state index is 0.450. The van der Waals surface area contributed by atoms with Crippen LogP contribution in [0.25, 0.3) is 0 Å². The predicted molar refractivity (Wildman–Crippen MR) is 53.1 cm³/mol. The maximum absolute atomic E-state index is 10.7. The number of ether oxygens (including phenoxy) is 1. The number of carbonyl (C=O) groups excluding carboxylic acids is 1. The molecule has 2 aliphatic heterocycles. The molecule has 1 amide bonds. The SMILES string of the molecule is O=CN1CCCC1CN1CCOCC1. The Kier molecular flexibility index (Phi) is 3.37. The van der Waals surface area contributed by atoms with E-state index in [0.29, 0.717) is 6.04 Å². The number of nitrogens with zero attached hydrogens (tertiary/aromatic N) is 2. The highest BCUT2D eigenvalue weighted by molar-refractivity contribution is 5.48. The minimum absolute atomic E-state index is 0.450. The molecule has 0 aliphatic carbocycles. The van der Waals surface area contributed by atoms with E-state index in [1.807, 2.05) is 4.90 Å². The van der Waals surface area contributed by atoms with Crippen LogP contribution in [0.2, 0.25) is 0 Å². The Morgan fingerprint density at radius 2 is 2.07 bits per heavy atom. The number of carbonyl (C=O) groups is 1. The van der Waals surface area contributed by atoms with Crippen molar-refractivity contribution in [2.75, 3.05) is 39.4 Å². The molecule has 0 bridgehead atoms. The molecule has 0 saturated carbocycles. The van der Waals surface area contributed by atoms with Crippen molar-refractivity contribution in [1.82, 2.24) is 9.80 Å². The molecule has 0 aromatic carbocycles. The second-order valence-corrected chi connectivity index (χ2v) is 4.05. The molecule has 80 valence electrons. The van der Waals surface area contributed by atoms with Crippen molar-refractivity contribution in [3.8, 4) is 0 Å². The van der Waals surface area contributed by atoms with Gasteiger partial charge >= 0.3 is 0 Å². The van der Waals surface area contributed by atoms with Crippen LogP contribution in [0.5, 0.6) is 0 Å². The average Bonchev–Trinajstić information content (AvgIpc) is 2.67. The van der Waals surface area contributed by atoms with Gasteiger partial charge in [-0.25, -0.2) is 0 Å². The molecule has 0 N–H and O–H groups in total. The quantitative estimate of drug-likeness (QED) is 0.596. The first-order chi connectivity index (χ1) is 6.90. The van der Waals surface area contributed by atoms with E-state index in [2.05, 4.69) is 4.90 Å². The van der Waals surface area contributed by atoms with E-state index in [0.717, 1.165) is 58.6 Å². The fraction of sp³-hybridized carbons (Fsp3) is 0.900. The predicted octanol–water partition coefficient (Wildman–Crippen LogP) is -0.0606. The summed E-state index contributed by atoms with van der Waals surface area (Å²) in [5.74, 6) is 0. The highest BCUT2D eigenvalue weighted by atomic mass is 16.5. The summed E-state index contributed by atoms with van der Waals surface area (Å²) in [6, 6.07) is 0.450. The Balaban J connectivity index is 1.80. The van der Waals surface area contributed by atoms with Gasteiger partial charge in [0.1, 0.15) is 0 Å². The van der Waals surface area contributed by atoms with Crippen molar-refractivity contribution in [3.63, 3.8) is 0 Å². The summed E-state index contributed by atoms with van der Waals surface area (Å²) in [6.45, 7) is 5.69. The lowest BCUT2D eigenvalue weighted by Crippen LogP contribution is -2.44. The lowest BCUT2D eigenvalue weighted by atomic mass is 10.2. The Hall–Kier alpha value is -0.610. The lowest BCUT2D eigenvalue weighted by molar-refractivity contribution is -0.119. The standard InChI is InChI=1S/C10H18N2O2/c13-9-12-3-1-2-10(12)8-11-4-6-14-7-5-11/h9-10H,1-8H2. The molecular weight excluding hydrogens is 180 g/mol. The molecule has 0 aromatic rings. The first kappa shape index (κ1) is 9.93. The second-order valence-electron chi connectivity index (χ2n) is 4.05. The number of likely N-dealkylation sites (tertiary alicyclic amines) is 1. The summed E-state index contributed by atoms with van der Waals surface area (Å²) in [7, 11) is 0. The number of rotatable bonds is 3. The highest BCUT2D eigenvalue weighted by Crippen LogP contribution is 2.16. The molecule has 2 aliphatic rings. The first-order valence-electron chi connectivity index (χ1n) is 5.41. The van der Waals surface area contributed by atoms with Gasteiger partial charge in [0.25, 0.3) is 0 Å². The molecule has 2 rings (SSSR count). The molecule has 2 fully saturated rings. The molecule has 1 atom stereocenters. The van der Waals surface area contributed by atoms with Crippen LogP contribution in [-0.2, 0) is 9.53 Å². The van der Waals surface area contributed by atoms with E-state index in [1.165, 1.54) is 0 Å². The number of hydrogen-bond donors (Lipinski definition) is 0. The summed E-state index contributed by atoms with van der Waals surface area (Å²) in [4.78, 5) is 15.1. The van der Waals surface area contributed by atoms with Gasteiger partial charge in [0.05, 0.1) is 13.2 Å². The maximum Gasteiger partial charge on any atom is 0.209 e. The largest absolute Gasteiger partial charge is 0.379 e. The van der Waals surface area contributed by atoms with Gasteiger partial charge in [0, 0.05) is 32.2 Å². The van der Waals surface area contributed by atoms with Gasteiger partial charge in [-0.1, -0.05) is 0 Å². The topological polar surface area (TPSA) is 32.8 Å². The van der Waals surface area contributed by atoms with Gasteiger partial charge in [0.2, 0.25) is 6.41 Å². The Labute approximate surface area is 84.8 Å². The molecule has 2 heterocycles. The highest BCUT2D eigenvalue weighted by Gasteiger charge is 2.25. The van der Waals surface area contributed by atoms with Gasteiger partial charge in [-0.3, -0.25) is 9.69 Å². The first-order valence-corrected chi connectivity index (χ1v) is 5.41. The molecule has 14 heavy (non-hydrogen) atoms. The average molecular weight is 198 g/mol. The Bertz CT molecular complexity index is 193. The zero-order valence-electron chi connectivity index (χ0n) is 8.52. The summed E-state index contributed by atoms with van der Waals surface area (Å²) in [5.41, 5.74) is 0. The van der Waals surface area contributed by atoms with Gasteiger partial charge in [-0.2, -0.15) is 0 Å². The van der Waals surface area contributed by atoms with Crippen molar-refractivity contribution < 1.29 is 9.53 Å². The van der Waals surface area contributed by atoms with Crippen molar-refractivity contribution >= 4 is 6.41 Å². The van der Waals surface area contributed by atoms with Crippen LogP contribution >= 0.6 is 0 Å². The third-order valence-electron chi connectivity index (χ3n) is 3.13. The normalized spacial score (nSPS) is 29.4. The van der Waals surface area contributed by atoms with Gasteiger partial charge < -0.3 is 9.64 Å². The number of amides is 1. The molecule has 0 radical (unpaired) electrons. The van der Waals surface area contributed by atoms with Crippen LogP contribution in [0.15, 0.2) is 0 Å². The van der Waals surface area contributed by atoms with Crippen molar-refractivity contribution in [2.24, 2.45) is 0 Å². The molecule has 4 nitrogen and oxygen atoms in total. The number of hydrogen-bond acceptors (Lipinski definition) is 3. The Morgan fingerprint density at radius 3 is 2.79 bits per heavy atom. The van der Waals surface area contributed by atoms with Crippen molar-refractivity contribution in [1.29, 1.82) is 0 Å². The Morgan fingerprint density at radius 1 is 1.29 bits per heavy atom. The van der Waals surface area contributed by atoms with E-state index in [1.54, 1.807) is 0 Å². The van der Waals surface area contributed by atoms with Crippen LogP contribution < -0.4 is 0 Å². The second kappa shape index (κ2) is 4.75. The van der Waals surface area contributed by atoms with Gasteiger partial charge in [-0.15, -0.1) is 0 Å². The van der Waals surface area contributed by atoms with E-state index < -0.39 is 0 Å². The zero-order chi connectivity index (χ0) is 9.80. The summed E-state index contributed by atoms with van der Waals surface area (Å²) < 4.78 is 5.29. The van der Waals surface area contributed by atoms with E-state index in [-0.39, 0.29) is 0 Å². The molecule has 2 saturated heterocycles. The van der Waals surface area contributed by atoms with Gasteiger partial charge in [0.15, 0.2) is 0 Å². The van der Waals surface area contributed by atoms with E-state index in [9.17, 15) is 4.79 Å². The minimum Gasteiger partial charge on any atom is -0.379 e. The van der Waals surface area contributed by atoms with Crippen molar-refractivity contribution in [3.05, 3.63) is 0 Å². The molecule has 1 unspecified atom stereocenters. The van der Waals surface area contributed by atoms with E-state index >= 15 is 0 Å². The van der Waals surface area contributed by atoms with Crippen LogP contribution in [0, 0.1) is 0 Å². The monoisotopic (exact) mass is 198 g/mol. The van der Waals surface area contributed by atoms with Gasteiger partial charge in [-0.05, 0) is 12.8 Å². The van der Waals surface area contributed by atoms with Crippen molar-refractivity contribution in [2.45, 2.75) is 18.9 Å². The molecule has 4 heteroatoms. The van der Waals surface area contributed by atoms with Crippen LogP contribution in [0.4, 0.5) is 0 Å². The summed E-state index contributed by atoms with van der Waals surface area (Å²) in [6.07, 6.45) is 3.32. The summed E-state index contributed by atoms with van der Waals surface area (Å²) >= 11 is 0. The molecule has 0 aromatic heterocycles.